The lowest BCUT2D eigenvalue weighted by Gasteiger charge is -2.27. The lowest BCUT2D eigenvalue weighted by molar-refractivity contribution is -0.137. The molecule has 1 heterocycles. The van der Waals surface area contributed by atoms with Crippen molar-refractivity contribution in [3.63, 3.8) is 0 Å². The zero-order chi connectivity index (χ0) is 24.8. The molecular formula is C28H29F3N2O2. The average molecular weight is 483 g/mol. The van der Waals surface area contributed by atoms with Crippen LogP contribution in [0, 0.1) is 0 Å². The number of nitrogens with one attached hydrogen (secondary N) is 2. The summed E-state index contributed by atoms with van der Waals surface area (Å²) in [7, 11) is 1.60. The molecule has 0 unspecified atom stereocenters. The van der Waals surface area contributed by atoms with Crippen molar-refractivity contribution >= 4 is 5.91 Å². The van der Waals surface area contributed by atoms with Gasteiger partial charge in [-0.3, -0.25) is 10.1 Å². The van der Waals surface area contributed by atoms with Crippen LogP contribution < -0.4 is 15.4 Å². The topological polar surface area (TPSA) is 50.4 Å². The molecule has 184 valence electrons. The molecule has 0 saturated carbocycles. The summed E-state index contributed by atoms with van der Waals surface area (Å²) in [4.78, 5) is 12.8. The van der Waals surface area contributed by atoms with Crippen molar-refractivity contribution in [3.05, 3.63) is 101 Å². The molecule has 0 spiro atoms. The van der Waals surface area contributed by atoms with Gasteiger partial charge in [0.1, 0.15) is 11.8 Å². The van der Waals surface area contributed by atoms with Gasteiger partial charge in [-0.25, -0.2) is 0 Å². The van der Waals surface area contributed by atoms with E-state index < -0.39 is 17.8 Å². The molecule has 0 aromatic heterocycles. The highest BCUT2D eigenvalue weighted by molar-refractivity contribution is 5.83. The van der Waals surface area contributed by atoms with Crippen LogP contribution in [0.25, 0.3) is 0 Å². The molecule has 35 heavy (non-hydrogen) atoms. The molecule has 2 atom stereocenters. The van der Waals surface area contributed by atoms with E-state index in [4.69, 9.17) is 4.74 Å². The lowest BCUT2D eigenvalue weighted by Crippen LogP contribution is -2.38. The summed E-state index contributed by atoms with van der Waals surface area (Å²) in [6.45, 7) is 0.703. The van der Waals surface area contributed by atoms with E-state index in [2.05, 4.69) is 16.7 Å². The van der Waals surface area contributed by atoms with Gasteiger partial charge < -0.3 is 10.1 Å². The van der Waals surface area contributed by atoms with E-state index in [-0.39, 0.29) is 11.9 Å². The molecule has 7 heteroatoms. The molecule has 0 bridgehead atoms. The maximum Gasteiger partial charge on any atom is 0.416 e. The number of carbonyl (C=O) groups is 1. The summed E-state index contributed by atoms with van der Waals surface area (Å²) < 4.78 is 44.6. The average Bonchev–Trinajstić information content (AvgIpc) is 2.88. The molecule has 3 aromatic rings. The third kappa shape index (κ3) is 6.22. The fraction of sp³-hybridized carbons (Fsp3) is 0.321. The summed E-state index contributed by atoms with van der Waals surface area (Å²) in [5, 5.41) is 6.25. The van der Waals surface area contributed by atoms with E-state index >= 15 is 0 Å². The minimum atomic E-state index is -4.36. The Kier molecular flexibility index (Phi) is 7.76. The zero-order valence-electron chi connectivity index (χ0n) is 19.6. The Morgan fingerprint density at radius 2 is 1.74 bits per heavy atom. The zero-order valence-corrected chi connectivity index (χ0v) is 19.6. The number of alkyl halides is 3. The Labute approximate surface area is 203 Å². The molecule has 0 saturated heterocycles. The fourth-order valence-corrected chi connectivity index (χ4v) is 4.43. The normalized spacial score (nSPS) is 15.0. The molecule has 1 aliphatic rings. The fourth-order valence-electron chi connectivity index (χ4n) is 4.43. The Balaban J connectivity index is 1.60. The van der Waals surface area contributed by atoms with Gasteiger partial charge in [-0.15, -0.1) is 0 Å². The van der Waals surface area contributed by atoms with E-state index in [9.17, 15) is 18.0 Å². The first-order chi connectivity index (χ1) is 16.8. The number of ether oxygens (including phenoxy) is 1. The summed E-state index contributed by atoms with van der Waals surface area (Å²) in [6, 6.07) is 20.1. The van der Waals surface area contributed by atoms with Crippen LogP contribution in [-0.4, -0.2) is 19.6 Å². The van der Waals surface area contributed by atoms with E-state index in [1.54, 1.807) is 7.05 Å². The number of aryl methyl sites for hydroxylation is 2. The van der Waals surface area contributed by atoms with Crippen LogP contribution in [0.3, 0.4) is 0 Å². The van der Waals surface area contributed by atoms with Gasteiger partial charge in [0.2, 0.25) is 5.91 Å². The van der Waals surface area contributed by atoms with Crippen LogP contribution >= 0.6 is 0 Å². The van der Waals surface area contributed by atoms with Gasteiger partial charge in [0.25, 0.3) is 0 Å². The van der Waals surface area contributed by atoms with Crippen molar-refractivity contribution in [3.8, 4) is 5.75 Å². The molecule has 4 nitrogen and oxygen atoms in total. The second kappa shape index (κ2) is 11.0. The number of fused-ring (bicyclic) bond motifs is 1. The molecule has 4 rings (SSSR count). The molecule has 2 N–H and O–H groups in total. The van der Waals surface area contributed by atoms with E-state index in [0.717, 1.165) is 53.0 Å². The van der Waals surface area contributed by atoms with Crippen molar-refractivity contribution in [1.29, 1.82) is 0 Å². The first-order valence-electron chi connectivity index (χ1n) is 11.8. The number of amides is 1. The van der Waals surface area contributed by atoms with Crippen LogP contribution in [0.5, 0.6) is 5.75 Å². The predicted molar refractivity (Wildman–Crippen MR) is 129 cm³/mol. The Bertz CT molecular complexity index is 1130. The SMILES string of the molecule is CNC(=O)[C@@H](N[C@H](CCc1ccc(C(F)(F)F)cc1)c1ccc2c(c1)CCCO2)c1ccccc1. The highest BCUT2D eigenvalue weighted by Gasteiger charge is 2.30. The van der Waals surface area contributed by atoms with Gasteiger partial charge in [-0.2, -0.15) is 13.2 Å². The van der Waals surface area contributed by atoms with Crippen molar-refractivity contribution in [2.24, 2.45) is 0 Å². The Morgan fingerprint density at radius 3 is 2.43 bits per heavy atom. The smallest absolute Gasteiger partial charge is 0.416 e. The maximum absolute atomic E-state index is 12.9. The number of rotatable bonds is 8. The lowest BCUT2D eigenvalue weighted by atomic mass is 9.93. The van der Waals surface area contributed by atoms with Gasteiger partial charge in [-0.1, -0.05) is 54.6 Å². The first-order valence-corrected chi connectivity index (χ1v) is 11.8. The number of halogens is 3. The maximum atomic E-state index is 12.9. The van der Waals surface area contributed by atoms with Crippen molar-refractivity contribution in [1.82, 2.24) is 10.6 Å². The Hall–Kier alpha value is -3.32. The summed E-state index contributed by atoms with van der Waals surface area (Å²) >= 11 is 0. The van der Waals surface area contributed by atoms with Crippen molar-refractivity contribution in [2.45, 2.75) is 43.9 Å². The minimum absolute atomic E-state index is 0.156. The van der Waals surface area contributed by atoms with E-state index in [1.807, 2.05) is 42.5 Å². The first kappa shape index (κ1) is 24.8. The predicted octanol–water partition coefficient (Wildman–Crippen LogP) is 5.78. The van der Waals surface area contributed by atoms with Crippen molar-refractivity contribution < 1.29 is 22.7 Å². The highest BCUT2D eigenvalue weighted by atomic mass is 19.4. The van der Waals surface area contributed by atoms with E-state index in [0.29, 0.717) is 19.4 Å². The molecule has 0 radical (unpaired) electrons. The molecule has 3 aromatic carbocycles. The van der Waals surface area contributed by atoms with Gasteiger partial charge >= 0.3 is 6.18 Å². The molecular weight excluding hydrogens is 453 g/mol. The third-order valence-electron chi connectivity index (χ3n) is 6.35. The molecule has 0 fully saturated rings. The molecule has 1 aliphatic heterocycles. The van der Waals surface area contributed by atoms with Gasteiger partial charge in [0, 0.05) is 13.1 Å². The highest BCUT2D eigenvalue weighted by Crippen LogP contribution is 2.32. The van der Waals surface area contributed by atoms with Crippen molar-refractivity contribution in [2.75, 3.05) is 13.7 Å². The molecule has 0 aliphatic carbocycles. The van der Waals surface area contributed by atoms with Crippen LogP contribution in [-0.2, 0) is 23.8 Å². The minimum Gasteiger partial charge on any atom is -0.493 e. The molecule has 1 amide bonds. The summed E-state index contributed by atoms with van der Waals surface area (Å²) in [5.74, 6) is 0.726. The largest absolute Gasteiger partial charge is 0.493 e. The number of benzene rings is 3. The third-order valence-corrected chi connectivity index (χ3v) is 6.35. The van der Waals surface area contributed by atoms with Gasteiger partial charge in [0.05, 0.1) is 12.2 Å². The second-order valence-electron chi connectivity index (χ2n) is 8.73. The monoisotopic (exact) mass is 482 g/mol. The number of likely N-dealkylation sites (N-methyl/N-ethyl adjacent to an activating group) is 1. The van der Waals surface area contributed by atoms with E-state index in [1.165, 1.54) is 12.1 Å². The quantitative estimate of drug-likeness (QED) is 0.428. The second-order valence-corrected chi connectivity index (χ2v) is 8.73. The summed E-state index contributed by atoms with van der Waals surface area (Å²) in [5.41, 5.74) is 3.14. The number of hydrogen-bond acceptors (Lipinski definition) is 3. The van der Waals surface area contributed by atoms with Crippen LogP contribution in [0.1, 0.15) is 52.7 Å². The number of carbonyl (C=O) groups excluding carboxylic acids is 1. The summed E-state index contributed by atoms with van der Waals surface area (Å²) in [6.07, 6.45) is -1.33. The van der Waals surface area contributed by atoms with Crippen LogP contribution in [0.4, 0.5) is 13.2 Å². The standard InChI is InChI=1S/C28H29F3N2O2/c1-32-27(34)26(20-6-3-2-4-7-20)33-24(21-12-16-25-22(18-21)8-5-17-35-25)15-11-19-9-13-23(14-10-19)28(29,30)31/h2-4,6-7,9-10,12-14,16,18,24,26,33H,5,8,11,15,17H2,1H3,(H,32,34)/t24-,26+/m1/s1. The van der Waals surface area contributed by atoms with Crippen LogP contribution in [0.15, 0.2) is 72.8 Å². The van der Waals surface area contributed by atoms with Gasteiger partial charge in [0.15, 0.2) is 0 Å². The van der Waals surface area contributed by atoms with Gasteiger partial charge in [-0.05, 0) is 66.1 Å². The number of hydrogen-bond donors (Lipinski definition) is 2. The Morgan fingerprint density at radius 1 is 1.00 bits per heavy atom. The van der Waals surface area contributed by atoms with Crippen LogP contribution in [0.2, 0.25) is 0 Å².